The van der Waals surface area contributed by atoms with Gasteiger partial charge in [-0.25, -0.2) is 0 Å². The standard InChI is InChI=1S/C16H19N3O2S/c1-9-6-10(2)8-12(7-9)18-14(20)5-4-13-11(3)17-16(22)19-15(13)21/h6-8H,4-5H2,1-3H3,(H,18,20)(H2,17,19,21,22). The van der Waals surface area contributed by atoms with Crippen molar-refractivity contribution in [1.29, 1.82) is 0 Å². The fraction of sp³-hybridized carbons (Fsp3) is 0.312. The van der Waals surface area contributed by atoms with Crippen LogP contribution in [0.2, 0.25) is 0 Å². The maximum atomic E-state index is 12.0. The average Bonchev–Trinajstić information content (AvgIpc) is 2.35. The van der Waals surface area contributed by atoms with Crippen LogP contribution in [0.1, 0.15) is 28.8 Å². The first kappa shape index (κ1) is 16.2. The molecule has 0 aliphatic rings. The SMILES string of the molecule is Cc1cc(C)cc(NC(=O)CCc2c(C)[nH]c(=S)[nH]c2=O)c1. The molecule has 0 saturated heterocycles. The molecular formula is C16H19N3O2S. The number of carbonyl (C=O) groups excluding carboxylic acids is 1. The van der Waals surface area contributed by atoms with E-state index in [2.05, 4.69) is 15.3 Å². The van der Waals surface area contributed by atoms with E-state index >= 15 is 0 Å². The Morgan fingerprint density at radius 1 is 1.14 bits per heavy atom. The van der Waals surface area contributed by atoms with Crippen molar-refractivity contribution in [2.24, 2.45) is 0 Å². The van der Waals surface area contributed by atoms with Crippen LogP contribution in [0.3, 0.4) is 0 Å². The fourth-order valence-electron chi connectivity index (χ4n) is 2.44. The maximum Gasteiger partial charge on any atom is 0.255 e. The number of carbonyl (C=O) groups is 1. The number of anilines is 1. The third-order valence-corrected chi connectivity index (χ3v) is 3.57. The average molecular weight is 317 g/mol. The summed E-state index contributed by atoms with van der Waals surface area (Å²) in [6, 6.07) is 5.89. The number of hydrogen-bond donors (Lipinski definition) is 3. The number of aromatic amines is 2. The maximum absolute atomic E-state index is 12.0. The highest BCUT2D eigenvalue weighted by Gasteiger charge is 2.09. The van der Waals surface area contributed by atoms with Crippen LogP contribution in [0.25, 0.3) is 0 Å². The Hall–Kier alpha value is -2.21. The van der Waals surface area contributed by atoms with E-state index in [4.69, 9.17) is 12.2 Å². The van der Waals surface area contributed by atoms with Crippen LogP contribution in [0.5, 0.6) is 0 Å². The van der Waals surface area contributed by atoms with Crippen LogP contribution in [0.15, 0.2) is 23.0 Å². The molecule has 0 atom stereocenters. The topological polar surface area (TPSA) is 77.8 Å². The molecule has 2 aromatic rings. The molecule has 1 heterocycles. The second-order valence-electron chi connectivity index (χ2n) is 5.44. The van der Waals surface area contributed by atoms with Crippen molar-refractivity contribution < 1.29 is 4.79 Å². The molecule has 0 unspecified atom stereocenters. The minimum atomic E-state index is -0.236. The summed E-state index contributed by atoms with van der Waals surface area (Å²) >= 11 is 4.90. The van der Waals surface area contributed by atoms with E-state index < -0.39 is 0 Å². The Balaban J connectivity index is 2.04. The number of hydrogen-bond acceptors (Lipinski definition) is 3. The van der Waals surface area contributed by atoms with Crippen LogP contribution < -0.4 is 10.9 Å². The molecule has 0 aliphatic carbocycles. The Morgan fingerprint density at radius 2 is 1.77 bits per heavy atom. The van der Waals surface area contributed by atoms with Gasteiger partial charge in [0.25, 0.3) is 5.56 Å². The summed E-state index contributed by atoms with van der Waals surface area (Å²) in [5.41, 5.74) is 4.00. The molecule has 6 heteroatoms. The first-order chi connectivity index (χ1) is 10.3. The van der Waals surface area contributed by atoms with Crippen molar-refractivity contribution in [3.05, 3.63) is 55.7 Å². The number of aryl methyl sites for hydroxylation is 3. The van der Waals surface area contributed by atoms with Crippen molar-refractivity contribution in [2.45, 2.75) is 33.6 Å². The lowest BCUT2D eigenvalue weighted by Crippen LogP contribution is -2.19. The van der Waals surface area contributed by atoms with E-state index in [9.17, 15) is 9.59 Å². The Kier molecular flexibility index (Phi) is 4.92. The smallest absolute Gasteiger partial charge is 0.255 e. The third kappa shape index (κ3) is 4.14. The summed E-state index contributed by atoms with van der Waals surface area (Å²) in [5, 5.41) is 2.86. The van der Waals surface area contributed by atoms with E-state index in [0.29, 0.717) is 22.4 Å². The number of aromatic nitrogens is 2. The summed E-state index contributed by atoms with van der Waals surface area (Å²) in [6.07, 6.45) is 0.603. The van der Waals surface area contributed by atoms with Crippen LogP contribution >= 0.6 is 12.2 Å². The Labute approximate surface area is 133 Å². The van der Waals surface area contributed by atoms with Gasteiger partial charge in [0.2, 0.25) is 5.91 Å². The van der Waals surface area contributed by atoms with Gasteiger partial charge >= 0.3 is 0 Å². The van der Waals surface area contributed by atoms with Gasteiger partial charge in [-0.15, -0.1) is 0 Å². The second kappa shape index (κ2) is 6.70. The van der Waals surface area contributed by atoms with Gasteiger partial charge < -0.3 is 10.3 Å². The molecule has 3 N–H and O–H groups in total. The number of H-pyrrole nitrogens is 2. The number of rotatable bonds is 4. The molecule has 1 aromatic carbocycles. The Bertz CT molecular complexity index is 801. The molecular weight excluding hydrogens is 298 g/mol. The molecule has 22 heavy (non-hydrogen) atoms. The highest BCUT2D eigenvalue weighted by molar-refractivity contribution is 7.71. The zero-order chi connectivity index (χ0) is 16.3. The van der Waals surface area contributed by atoms with Crippen molar-refractivity contribution in [2.75, 3.05) is 5.32 Å². The Morgan fingerprint density at radius 3 is 2.36 bits per heavy atom. The fourth-order valence-corrected chi connectivity index (χ4v) is 2.68. The lowest BCUT2D eigenvalue weighted by Gasteiger charge is -2.08. The van der Waals surface area contributed by atoms with Gasteiger partial charge in [0, 0.05) is 23.4 Å². The number of nitrogens with one attached hydrogen (secondary N) is 3. The first-order valence-corrected chi connectivity index (χ1v) is 7.46. The van der Waals surface area contributed by atoms with Gasteiger partial charge in [0.1, 0.15) is 0 Å². The highest BCUT2D eigenvalue weighted by atomic mass is 32.1. The summed E-state index contributed by atoms with van der Waals surface area (Å²) in [6.45, 7) is 5.75. The lowest BCUT2D eigenvalue weighted by molar-refractivity contribution is -0.116. The number of amides is 1. The number of benzene rings is 1. The molecule has 2 rings (SSSR count). The first-order valence-electron chi connectivity index (χ1n) is 7.05. The van der Waals surface area contributed by atoms with E-state index in [1.165, 1.54) is 0 Å². The van der Waals surface area contributed by atoms with Gasteiger partial charge in [-0.1, -0.05) is 6.07 Å². The molecule has 0 radical (unpaired) electrons. The molecule has 0 spiro atoms. The normalized spacial score (nSPS) is 10.5. The van der Waals surface area contributed by atoms with Crippen LogP contribution in [-0.2, 0) is 11.2 Å². The predicted octanol–water partition coefficient (Wildman–Crippen LogP) is 2.93. The molecule has 0 aliphatic heterocycles. The van der Waals surface area contributed by atoms with E-state index in [1.54, 1.807) is 6.92 Å². The molecule has 1 aromatic heterocycles. The van der Waals surface area contributed by atoms with E-state index in [1.807, 2.05) is 32.0 Å². The quantitative estimate of drug-likeness (QED) is 0.759. The van der Waals surface area contributed by atoms with Gasteiger partial charge in [0.05, 0.1) is 0 Å². The van der Waals surface area contributed by atoms with Crippen molar-refractivity contribution >= 4 is 23.8 Å². The summed E-state index contributed by atoms with van der Waals surface area (Å²) < 4.78 is 0.297. The van der Waals surface area contributed by atoms with Crippen molar-refractivity contribution in [3.8, 4) is 0 Å². The predicted molar refractivity (Wildman–Crippen MR) is 89.9 cm³/mol. The van der Waals surface area contributed by atoms with Gasteiger partial charge in [-0.05, 0) is 62.7 Å². The monoisotopic (exact) mass is 317 g/mol. The minimum Gasteiger partial charge on any atom is -0.336 e. The van der Waals surface area contributed by atoms with E-state index in [-0.39, 0.29) is 17.9 Å². The van der Waals surface area contributed by atoms with Gasteiger partial charge in [-0.2, -0.15) is 0 Å². The summed E-state index contributed by atoms with van der Waals surface area (Å²) in [5.74, 6) is -0.119. The zero-order valence-electron chi connectivity index (χ0n) is 12.9. The van der Waals surface area contributed by atoms with Gasteiger partial charge in [-0.3, -0.25) is 14.6 Å². The van der Waals surface area contributed by atoms with Crippen LogP contribution in [-0.4, -0.2) is 15.9 Å². The second-order valence-corrected chi connectivity index (χ2v) is 5.84. The van der Waals surface area contributed by atoms with Gasteiger partial charge in [0.15, 0.2) is 4.77 Å². The molecule has 5 nitrogen and oxygen atoms in total. The highest BCUT2D eigenvalue weighted by Crippen LogP contribution is 2.14. The van der Waals surface area contributed by atoms with Crippen molar-refractivity contribution in [3.63, 3.8) is 0 Å². The summed E-state index contributed by atoms with van der Waals surface area (Å²) in [4.78, 5) is 29.3. The molecule has 1 amide bonds. The zero-order valence-corrected chi connectivity index (χ0v) is 13.7. The third-order valence-electron chi connectivity index (χ3n) is 3.36. The molecule has 116 valence electrons. The van der Waals surface area contributed by atoms with E-state index in [0.717, 1.165) is 16.8 Å². The molecule has 0 fully saturated rings. The summed E-state index contributed by atoms with van der Waals surface area (Å²) in [7, 11) is 0. The molecule has 0 bridgehead atoms. The minimum absolute atomic E-state index is 0.119. The largest absolute Gasteiger partial charge is 0.336 e. The molecule has 0 saturated carbocycles. The van der Waals surface area contributed by atoms with Crippen LogP contribution in [0, 0.1) is 25.5 Å². The van der Waals surface area contributed by atoms with Crippen molar-refractivity contribution in [1.82, 2.24) is 9.97 Å². The lowest BCUT2D eigenvalue weighted by atomic mass is 10.1. The van der Waals surface area contributed by atoms with Crippen LogP contribution in [0.4, 0.5) is 5.69 Å².